The zero-order valence-corrected chi connectivity index (χ0v) is 11.4. The summed E-state index contributed by atoms with van der Waals surface area (Å²) in [4.78, 5) is 5.10. The van der Waals surface area contributed by atoms with Crippen molar-refractivity contribution in [2.24, 2.45) is 0 Å². The lowest BCUT2D eigenvalue weighted by molar-refractivity contribution is 0.136. The fourth-order valence-corrected chi connectivity index (χ4v) is 2.58. The number of hydrogen-bond donors (Lipinski definition) is 1. The van der Waals surface area contributed by atoms with Crippen molar-refractivity contribution < 1.29 is 0 Å². The lowest BCUT2D eigenvalue weighted by Crippen LogP contribution is -2.46. The Kier molecular flexibility index (Phi) is 5.02. The highest BCUT2D eigenvalue weighted by Crippen LogP contribution is 2.10. The Hall–Kier alpha value is -1.06. The van der Waals surface area contributed by atoms with Gasteiger partial charge < -0.3 is 15.5 Å². The Labute approximate surface area is 111 Å². The maximum atomic E-state index is 5.79. The Bertz CT molecular complexity index is 357. The second-order valence-corrected chi connectivity index (χ2v) is 5.12. The van der Waals surface area contributed by atoms with Crippen LogP contribution in [-0.2, 0) is 6.42 Å². The number of rotatable bonds is 5. The van der Waals surface area contributed by atoms with Crippen molar-refractivity contribution in [2.45, 2.75) is 19.8 Å². The Morgan fingerprint density at radius 2 is 1.83 bits per heavy atom. The summed E-state index contributed by atoms with van der Waals surface area (Å²) in [5.74, 6) is 0. The zero-order chi connectivity index (χ0) is 12.8. The molecule has 0 spiro atoms. The van der Waals surface area contributed by atoms with E-state index in [1.54, 1.807) is 0 Å². The molecule has 1 saturated heterocycles. The molecule has 0 aliphatic carbocycles. The van der Waals surface area contributed by atoms with E-state index < -0.39 is 0 Å². The molecule has 0 amide bonds. The van der Waals surface area contributed by atoms with Gasteiger partial charge in [-0.15, -0.1) is 0 Å². The first-order valence-electron chi connectivity index (χ1n) is 7.07. The van der Waals surface area contributed by atoms with Crippen LogP contribution in [0.15, 0.2) is 24.3 Å². The number of piperazine rings is 1. The van der Waals surface area contributed by atoms with Gasteiger partial charge >= 0.3 is 0 Å². The van der Waals surface area contributed by atoms with Gasteiger partial charge in [0, 0.05) is 31.9 Å². The molecule has 1 aliphatic heterocycles. The lowest BCUT2D eigenvalue weighted by atomic mass is 10.1. The summed E-state index contributed by atoms with van der Waals surface area (Å²) >= 11 is 0. The molecule has 0 unspecified atom stereocenters. The van der Waals surface area contributed by atoms with Crippen LogP contribution in [0, 0.1) is 0 Å². The minimum absolute atomic E-state index is 0.879. The molecule has 3 nitrogen and oxygen atoms in total. The molecular weight excluding hydrogens is 222 g/mol. The molecule has 0 radical (unpaired) electrons. The van der Waals surface area contributed by atoms with Crippen LogP contribution >= 0.6 is 0 Å². The quantitative estimate of drug-likeness (QED) is 0.806. The first-order valence-corrected chi connectivity index (χ1v) is 7.07. The molecule has 2 N–H and O–H groups in total. The van der Waals surface area contributed by atoms with E-state index in [-0.39, 0.29) is 0 Å². The number of anilines is 1. The predicted octanol–water partition coefficient (Wildman–Crippen LogP) is 1.84. The van der Waals surface area contributed by atoms with Crippen molar-refractivity contribution in [2.75, 3.05) is 45.0 Å². The molecule has 3 heteroatoms. The standard InChI is InChI=1S/C15H25N3/c1-2-17-9-11-18(12-10-17)8-4-6-14-5-3-7-15(16)13-14/h3,5,7,13H,2,4,6,8-12,16H2,1H3. The Morgan fingerprint density at radius 3 is 2.50 bits per heavy atom. The first kappa shape index (κ1) is 13.4. The summed E-state index contributed by atoms with van der Waals surface area (Å²) < 4.78 is 0. The molecule has 0 bridgehead atoms. The third-order valence-corrected chi connectivity index (χ3v) is 3.80. The van der Waals surface area contributed by atoms with Gasteiger partial charge in [-0.2, -0.15) is 0 Å². The molecule has 100 valence electrons. The van der Waals surface area contributed by atoms with E-state index in [1.165, 1.54) is 51.3 Å². The highest BCUT2D eigenvalue weighted by molar-refractivity contribution is 5.40. The highest BCUT2D eigenvalue weighted by atomic mass is 15.3. The van der Waals surface area contributed by atoms with Crippen LogP contribution in [0.1, 0.15) is 18.9 Å². The molecule has 0 aromatic heterocycles. The molecule has 18 heavy (non-hydrogen) atoms. The topological polar surface area (TPSA) is 32.5 Å². The van der Waals surface area contributed by atoms with Crippen LogP contribution in [-0.4, -0.2) is 49.1 Å². The molecule has 2 rings (SSSR count). The lowest BCUT2D eigenvalue weighted by Gasteiger charge is -2.34. The SMILES string of the molecule is CCN1CCN(CCCc2cccc(N)c2)CC1. The number of likely N-dealkylation sites (N-methyl/N-ethyl adjacent to an activating group) is 1. The van der Waals surface area contributed by atoms with E-state index in [2.05, 4.69) is 28.9 Å². The summed E-state index contributed by atoms with van der Waals surface area (Å²) in [6.45, 7) is 9.57. The second kappa shape index (κ2) is 6.76. The maximum absolute atomic E-state index is 5.79. The highest BCUT2D eigenvalue weighted by Gasteiger charge is 2.14. The van der Waals surface area contributed by atoms with Crippen LogP contribution in [0.4, 0.5) is 5.69 Å². The molecule has 1 heterocycles. The number of nitrogens with zero attached hydrogens (tertiary/aromatic N) is 2. The normalized spacial score (nSPS) is 18.1. The number of nitrogen functional groups attached to an aromatic ring is 1. The van der Waals surface area contributed by atoms with E-state index in [0.29, 0.717) is 0 Å². The number of nitrogens with two attached hydrogens (primary N) is 1. The summed E-state index contributed by atoms with van der Waals surface area (Å²) in [6, 6.07) is 8.26. The van der Waals surface area contributed by atoms with Crippen molar-refractivity contribution in [3.8, 4) is 0 Å². The zero-order valence-electron chi connectivity index (χ0n) is 11.4. The van der Waals surface area contributed by atoms with Gasteiger partial charge in [0.05, 0.1) is 0 Å². The van der Waals surface area contributed by atoms with Gasteiger partial charge in [0.1, 0.15) is 0 Å². The van der Waals surface area contributed by atoms with Crippen LogP contribution in [0.25, 0.3) is 0 Å². The van der Waals surface area contributed by atoms with Crippen molar-refractivity contribution in [3.05, 3.63) is 29.8 Å². The fraction of sp³-hybridized carbons (Fsp3) is 0.600. The third kappa shape index (κ3) is 4.00. The smallest absolute Gasteiger partial charge is 0.0316 e. The monoisotopic (exact) mass is 247 g/mol. The fourth-order valence-electron chi connectivity index (χ4n) is 2.58. The van der Waals surface area contributed by atoms with Crippen LogP contribution in [0.5, 0.6) is 0 Å². The van der Waals surface area contributed by atoms with E-state index in [9.17, 15) is 0 Å². The Balaban J connectivity index is 1.67. The summed E-state index contributed by atoms with van der Waals surface area (Å²) in [6.07, 6.45) is 2.37. The number of hydrogen-bond acceptors (Lipinski definition) is 3. The van der Waals surface area contributed by atoms with Crippen molar-refractivity contribution in [1.29, 1.82) is 0 Å². The van der Waals surface area contributed by atoms with Crippen LogP contribution in [0.3, 0.4) is 0 Å². The maximum Gasteiger partial charge on any atom is 0.0316 e. The Morgan fingerprint density at radius 1 is 1.11 bits per heavy atom. The van der Waals surface area contributed by atoms with Gasteiger partial charge in [0.15, 0.2) is 0 Å². The average Bonchev–Trinajstić information content (AvgIpc) is 2.40. The molecular formula is C15H25N3. The summed E-state index contributed by atoms with van der Waals surface area (Å²) in [7, 11) is 0. The third-order valence-electron chi connectivity index (χ3n) is 3.80. The predicted molar refractivity (Wildman–Crippen MR) is 77.7 cm³/mol. The number of aryl methyl sites for hydroxylation is 1. The van der Waals surface area contributed by atoms with Gasteiger partial charge in [-0.1, -0.05) is 19.1 Å². The largest absolute Gasteiger partial charge is 0.399 e. The molecule has 1 fully saturated rings. The van der Waals surface area contributed by atoms with Crippen molar-refractivity contribution in [1.82, 2.24) is 9.80 Å². The molecule has 1 aromatic rings. The van der Waals surface area contributed by atoms with E-state index in [1.807, 2.05) is 12.1 Å². The van der Waals surface area contributed by atoms with Crippen LogP contribution < -0.4 is 5.73 Å². The molecule has 0 saturated carbocycles. The van der Waals surface area contributed by atoms with Crippen molar-refractivity contribution >= 4 is 5.69 Å². The summed E-state index contributed by atoms with van der Waals surface area (Å²) in [5.41, 5.74) is 8.03. The second-order valence-electron chi connectivity index (χ2n) is 5.12. The minimum atomic E-state index is 0.879. The van der Waals surface area contributed by atoms with E-state index in [4.69, 9.17) is 5.73 Å². The first-order chi connectivity index (χ1) is 8.78. The van der Waals surface area contributed by atoms with Gasteiger partial charge in [0.2, 0.25) is 0 Å². The van der Waals surface area contributed by atoms with Crippen LogP contribution in [0.2, 0.25) is 0 Å². The van der Waals surface area contributed by atoms with Gasteiger partial charge in [-0.05, 0) is 43.6 Å². The molecule has 1 aromatic carbocycles. The minimum Gasteiger partial charge on any atom is -0.399 e. The number of benzene rings is 1. The van der Waals surface area contributed by atoms with E-state index in [0.717, 1.165) is 12.1 Å². The van der Waals surface area contributed by atoms with Gasteiger partial charge in [0.25, 0.3) is 0 Å². The molecule has 0 atom stereocenters. The van der Waals surface area contributed by atoms with E-state index >= 15 is 0 Å². The van der Waals surface area contributed by atoms with Gasteiger partial charge in [-0.25, -0.2) is 0 Å². The average molecular weight is 247 g/mol. The summed E-state index contributed by atoms with van der Waals surface area (Å²) in [5, 5.41) is 0. The molecule has 1 aliphatic rings. The van der Waals surface area contributed by atoms with Gasteiger partial charge in [-0.3, -0.25) is 0 Å². The van der Waals surface area contributed by atoms with Crippen molar-refractivity contribution in [3.63, 3.8) is 0 Å².